The first kappa shape index (κ1) is 17.0. The fourth-order valence-corrected chi connectivity index (χ4v) is 1.75. The summed E-state index contributed by atoms with van der Waals surface area (Å²) in [5.41, 5.74) is 7.24. The second kappa shape index (κ2) is 7.11. The average molecular weight is 291 g/mol. The van der Waals surface area contributed by atoms with Gasteiger partial charge in [0.05, 0.1) is 0 Å². The van der Waals surface area contributed by atoms with Gasteiger partial charge in [-0.2, -0.15) is 0 Å². The van der Waals surface area contributed by atoms with Gasteiger partial charge in [-0.05, 0) is 29.0 Å². The van der Waals surface area contributed by atoms with E-state index in [2.05, 4.69) is 38.2 Å². The van der Waals surface area contributed by atoms with Gasteiger partial charge < -0.3 is 16.3 Å². The maximum absolute atomic E-state index is 12.0. The van der Waals surface area contributed by atoms with Crippen molar-refractivity contribution in [3.8, 4) is 0 Å². The van der Waals surface area contributed by atoms with Crippen molar-refractivity contribution in [3.63, 3.8) is 0 Å². The van der Waals surface area contributed by atoms with E-state index in [1.807, 2.05) is 24.3 Å². The van der Waals surface area contributed by atoms with E-state index in [0.29, 0.717) is 18.8 Å². The van der Waals surface area contributed by atoms with Gasteiger partial charge in [0, 0.05) is 18.5 Å². The monoisotopic (exact) mass is 291 g/mol. The Morgan fingerprint density at radius 1 is 1.33 bits per heavy atom. The number of anilines is 1. The average Bonchev–Trinajstić information content (AvgIpc) is 2.39. The number of carbonyl (C=O) groups is 1. The molecule has 0 saturated carbocycles. The second-order valence-corrected chi connectivity index (χ2v) is 6.48. The lowest BCUT2D eigenvalue weighted by atomic mass is 9.80. The summed E-state index contributed by atoms with van der Waals surface area (Å²) in [5, 5.41) is 14.3. The van der Waals surface area contributed by atoms with E-state index < -0.39 is 0 Å². The number of amidine groups is 1. The number of hydrogen-bond acceptors (Lipinski definition) is 3. The van der Waals surface area contributed by atoms with E-state index in [0.717, 1.165) is 11.3 Å². The molecule has 0 aliphatic heterocycles. The van der Waals surface area contributed by atoms with Crippen LogP contribution < -0.4 is 11.1 Å². The van der Waals surface area contributed by atoms with Gasteiger partial charge in [-0.25, -0.2) is 0 Å². The molecule has 1 aromatic rings. The van der Waals surface area contributed by atoms with Gasteiger partial charge in [0.2, 0.25) is 5.91 Å². The van der Waals surface area contributed by atoms with Crippen LogP contribution in [0.2, 0.25) is 0 Å². The van der Waals surface area contributed by atoms with Crippen molar-refractivity contribution in [3.05, 3.63) is 29.8 Å². The van der Waals surface area contributed by atoms with Gasteiger partial charge in [-0.15, -0.1) is 0 Å². The van der Waals surface area contributed by atoms with Crippen LogP contribution in [0.25, 0.3) is 0 Å². The van der Waals surface area contributed by atoms with Crippen LogP contribution in [0.4, 0.5) is 5.69 Å². The van der Waals surface area contributed by atoms with Crippen LogP contribution in [0.3, 0.4) is 0 Å². The number of benzene rings is 1. The summed E-state index contributed by atoms with van der Waals surface area (Å²) >= 11 is 0. The molecule has 116 valence electrons. The van der Waals surface area contributed by atoms with Crippen molar-refractivity contribution in [1.82, 2.24) is 0 Å². The van der Waals surface area contributed by atoms with E-state index in [4.69, 9.17) is 10.9 Å². The molecule has 0 fully saturated rings. The summed E-state index contributed by atoms with van der Waals surface area (Å²) in [6.07, 6.45) is 0.876. The molecule has 5 heteroatoms. The van der Waals surface area contributed by atoms with Crippen LogP contribution in [-0.2, 0) is 11.2 Å². The van der Waals surface area contributed by atoms with Gasteiger partial charge in [0.15, 0.2) is 0 Å². The number of oxime groups is 1. The normalized spacial score (nSPS) is 13.8. The summed E-state index contributed by atoms with van der Waals surface area (Å²) in [7, 11) is 0. The maximum atomic E-state index is 12.0. The Labute approximate surface area is 126 Å². The molecule has 21 heavy (non-hydrogen) atoms. The molecule has 1 amide bonds. The molecule has 0 radical (unpaired) electrons. The molecule has 0 aliphatic carbocycles. The molecule has 1 unspecified atom stereocenters. The van der Waals surface area contributed by atoms with Gasteiger partial charge in [-0.1, -0.05) is 45.0 Å². The van der Waals surface area contributed by atoms with Crippen LogP contribution >= 0.6 is 0 Å². The SMILES string of the molecule is CC(CC(=O)Nc1ccc(CC(N)=NO)cc1)C(C)(C)C. The topological polar surface area (TPSA) is 87.7 Å². The fraction of sp³-hybridized carbons (Fsp3) is 0.500. The standard InChI is InChI=1S/C16H25N3O2/c1-11(16(2,3)4)9-15(20)18-13-7-5-12(6-8-13)10-14(17)19-21/h5-8,11,21H,9-10H2,1-4H3,(H2,17,19)(H,18,20). The summed E-state index contributed by atoms with van der Waals surface area (Å²) in [6.45, 7) is 8.48. The number of nitrogens with two attached hydrogens (primary N) is 1. The summed E-state index contributed by atoms with van der Waals surface area (Å²) < 4.78 is 0. The van der Waals surface area contributed by atoms with Crippen LogP contribution in [0.1, 0.15) is 39.7 Å². The minimum atomic E-state index is 0.0154. The third-order valence-electron chi connectivity index (χ3n) is 3.72. The molecular formula is C16H25N3O2. The molecule has 0 aliphatic rings. The highest BCUT2D eigenvalue weighted by Crippen LogP contribution is 2.28. The quantitative estimate of drug-likeness (QED) is 0.337. The largest absolute Gasteiger partial charge is 0.409 e. The summed E-state index contributed by atoms with van der Waals surface area (Å²) in [6, 6.07) is 7.33. The Morgan fingerprint density at radius 3 is 2.38 bits per heavy atom. The maximum Gasteiger partial charge on any atom is 0.224 e. The fourth-order valence-electron chi connectivity index (χ4n) is 1.75. The Morgan fingerprint density at radius 2 is 1.90 bits per heavy atom. The van der Waals surface area contributed by atoms with E-state index in [1.54, 1.807) is 0 Å². The predicted molar refractivity (Wildman–Crippen MR) is 85.4 cm³/mol. The highest BCUT2D eigenvalue weighted by atomic mass is 16.4. The number of hydrogen-bond donors (Lipinski definition) is 3. The highest BCUT2D eigenvalue weighted by Gasteiger charge is 2.22. The number of carbonyl (C=O) groups excluding carboxylic acids is 1. The van der Waals surface area contributed by atoms with Gasteiger partial charge in [0.1, 0.15) is 5.84 Å². The van der Waals surface area contributed by atoms with Crippen molar-refractivity contribution < 1.29 is 10.0 Å². The molecule has 5 nitrogen and oxygen atoms in total. The lowest BCUT2D eigenvalue weighted by molar-refractivity contribution is -0.117. The predicted octanol–water partition coefficient (Wildman–Crippen LogP) is 2.99. The van der Waals surface area contributed by atoms with Crippen LogP contribution in [0, 0.1) is 11.3 Å². The molecule has 1 atom stereocenters. The van der Waals surface area contributed by atoms with Gasteiger partial charge in [0.25, 0.3) is 0 Å². The minimum Gasteiger partial charge on any atom is -0.409 e. The zero-order valence-corrected chi connectivity index (χ0v) is 13.2. The number of rotatable bonds is 5. The third kappa shape index (κ3) is 5.85. The van der Waals surface area contributed by atoms with E-state index in [-0.39, 0.29) is 17.2 Å². The first-order valence-electron chi connectivity index (χ1n) is 7.07. The number of nitrogens with zero attached hydrogens (tertiary/aromatic N) is 1. The molecule has 0 spiro atoms. The highest BCUT2D eigenvalue weighted by molar-refractivity contribution is 5.91. The second-order valence-electron chi connectivity index (χ2n) is 6.48. The zero-order valence-electron chi connectivity index (χ0n) is 13.2. The molecule has 1 rings (SSSR count). The Hall–Kier alpha value is -2.04. The van der Waals surface area contributed by atoms with E-state index in [1.165, 1.54) is 0 Å². The molecule has 0 bridgehead atoms. The molecule has 0 aromatic heterocycles. The molecular weight excluding hydrogens is 266 g/mol. The number of nitrogens with one attached hydrogen (secondary N) is 1. The van der Waals surface area contributed by atoms with Crippen molar-refractivity contribution in [2.75, 3.05) is 5.32 Å². The molecule has 1 aromatic carbocycles. The number of amides is 1. The molecule has 0 saturated heterocycles. The molecule has 4 N–H and O–H groups in total. The Bertz CT molecular complexity index is 501. The smallest absolute Gasteiger partial charge is 0.224 e. The van der Waals surface area contributed by atoms with E-state index >= 15 is 0 Å². The first-order chi connectivity index (χ1) is 9.72. The van der Waals surface area contributed by atoms with Crippen LogP contribution in [0.15, 0.2) is 29.4 Å². The van der Waals surface area contributed by atoms with Gasteiger partial charge in [-0.3, -0.25) is 4.79 Å². The van der Waals surface area contributed by atoms with Crippen molar-refractivity contribution in [2.45, 2.75) is 40.5 Å². The first-order valence-corrected chi connectivity index (χ1v) is 7.07. The van der Waals surface area contributed by atoms with Gasteiger partial charge >= 0.3 is 0 Å². The third-order valence-corrected chi connectivity index (χ3v) is 3.72. The van der Waals surface area contributed by atoms with Crippen LogP contribution in [-0.4, -0.2) is 17.0 Å². The summed E-state index contributed by atoms with van der Waals surface area (Å²) in [4.78, 5) is 12.0. The van der Waals surface area contributed by atoms with Crippen molar-refractivity contribution >= 4 is 17.4 Å². The molecule has 0 heterocycles. The Kier molecular flexibility index (Phi) is 5.76. The zero-order chi connectivity index (χ0) is 16.0. The van der Waals surface area contributed by atoms with Crippen molar-refractivity contribution in [2.24, 2.45) is 22.2 Å². The van der Waals surface area contributed by atoms with E-state index in [9.17, 15) is 4.79 Å². The van der Waals surface area contributed by atoms with Crippen molar-refractivity contribution in [1.29, 1.82) is 0 Å². The minimum absolute atomic E-state index is 0.0154. The Balaban J connectivity index is 2.58. The van der Waals surface area contributed by atoms with Crippen LogP contribution in [0.5, 0.6) is 0 Å². The lowest BCUT2D eigenvalue weighted by Crippen LogP contribution is -2.23. The lowest BCUT2D eigenvalue weighted by Gasteiger charge is -2.26. The summed E-state index contributed by atoms with van der Waals surface area (Å²) in [5.74, 6) is 0.477.